The topological polar surface area (TPSA) is 70.0 Å². The van der Waals surface area contributed by atoms with Crippen LogP contribution in [0.15, 0.2) is 0 Å². The molecule has 0 rings (SSSR count). The summed E-state index contributed by atoms with van der Waals surface area (Å²) in [6.45, 7) is 7.55. The molecule has 0 saturated carbocycles. The van der Waals surface area contributed by atoms with Gasteiger partial charge in [-0.3, -0.25) is 0 Å². The Hall–Kier alpha value is -0.600. The van der Waals surface area contributed by atoms with E-state index < -0.39 is 15.3 Å². The molecule has 0 radical (unpaired) electrons. The molecule has 0 aliphatic rings. The van der Waals surface area contributed by atoms with Crippen molar-refractivity contribution in [2.45, 2.75) is 51.8 Å². The van der Waals surface area contributed by atoms with Crippen LogP contribution in [0.2, 0.25) is 0 Å². The third-order valence-electron chi connectivity index (χ3n) is 2.45. The van der Waals surface area contributed by atoms with Gasteiger partial charge >= 0.3 is 0 Å². The standard InChI is InChI=1S/C10H20N2O2S/c1-5-9(7-11)15(13,14)12-10(6-2)8(3)4/h8-10,12H,5-6H2,1-4H3. The van der Waals surface area contributed by atoms with E-state index in [9.17, 15) is 8.42 Å². The maximum absolute atomic E-state index is 11.7. The van der Waals surface area contributed by atoms with E-state index in [1.165, 1.54) is 0 Å². The zero-order valence-corrected chi connectivity index (χ0v) is 10.6. The molecule has 0 fully saturated rings. The molecule has 0 bridgehead atoms. The van der Waals surface area contributed by atoms with E-state index in [0.29, 0.717) is 6.42 Å². The Morgan fingerprint density at radius 1 is 1.27 bits per heavy atom. The number of hydrogen-bond acceptors (Lipinski definition) is 3. The summed E-state index contributed by atoms with van der Waals surface area (Å²) in [5, 5.41) is 7.78. The van der Waals surface area contributed by atoms with Crippen LogP contribution in [0.3, 0.4) is 0 Å². The van der Waals surface area contributed by atoms with E-state index in [-0.39, 0.29) is 12.0 Å². The van der Waals surface area contributed by atoms with E-state index in [2.05, 4.69) is 4.72 Å². The van der Waals surface area contributed by atoms with Crippen molar-refractivity contribution in [3.63, 3.8) is 0 Å². The second kappa shape index (κ2) is 6.09. The van der Waals surface area contributed by atoms with Gasteiger partial charge in [-0.2, -0.15) is 5.26 Å². The van der Waals surface area contributed by atoms with Crippen LogP contribution in [-0.4, -0.2) is 19.7 Å². The molecule has 0 aromatic rings. The molecule has 0 aliphatic carbocycles. The Bertz CT molecular complexity index is 317. The lowest BCUT2D eigenvalue weighted by atomic mass is 10.0. The van der Waals surface area contributed by atoms with Crippen LogP contribution < -0.4 is 4.72 Å². The molecule has 0 heterocycles. The Morgan fingerprint density at radius 2 is 1.80 bits per heavy atom. The predicted molar refractivity (Wildman–Crippen MR) is 60.7 cm³/mol. The smallest absolute Gasteiger partial charge is 0.211 e. The van der Waals surface area contributed by atoms with Gasteiger partial charge in [0, 0.05) is 6.04 Å². The van der Waals surface area contributed by atoms with Gasteiger partial charge in [-0.1, -0.05) is 27.7 Å². The minimum atomic E-state index is -3.49. The first-order chi connectivity index (χ1) is 6.88. The monoisotopic (exact) mass is 232 g/mol. The normalized spacial score (nSPS) is 16.0. The molecule has 0 aliphatic heterocycles. The molecule has 2 atom stereocenters. The fraction of sp³-hybridized carbons (Fsp3) is 0.900. The van der Waals surface area contributed by atoms with Crippen LogP contribution in [0.25, 0.3) is 0 Å². The summed E-state index contributed by atoms with van der Waals surface area (Å²) in [4.78, 5) is 0. The summed E-state index contributed by atoms with van der Waals surface area (Å²) < 4.78 is 26.1. The average molecular weight is 232 g/mol. The van der Waals surface area contributed by atoms with Crippen molar-refractivity contribution in [1.82, 2.24) is 4.72 Å². The van der Waals surface area contributed by atoms with Crippen molar-refractivity contribution in [3.05, 3.63) is 0 Å². The number of rotatable bonds is 6. The largest absolute Gasteiger partial charge is 0.228 e. The summed E-state index contributed by atoms with van der Waals surface area (Å²) in [7, 11) is -3.49. The second-order valence-corrected chi connectivity index (χ2v) is 5.84. The van der Waals surface area contributed by atoms with Gasteiger partial charge < -0.3 is 0 Å². The van der Waals surface area contributed by atoms with Gasteiger partial charge in [-0.15, -0.1) is 0 Å². The van der Waals surface area contributed by atoms with Crippen molar-refractivity contribution in [2.75, 3.05) is 0 Å². The first-order valence-electron chi connectivity index (χ1n) is 5.29. The van der Waals surface area contributed by atoms with Crippen molar-refractivity contribution < 1.29 is 8.42 Å². The van der Waals surface area contributed by atoms with Gasteiger partial charge in [-0.05, 0) is 18.8 Å². The summed E-state index contributed by atoms with van der Waals surface area (Å²) in [6, 6.07) is 1.72. The van der Waals surface area contributed by atoms with Gasteiger partial charge in [0.2, 0.25) is 10.0 Å². The van der Waals surface area contributed by atoms with Crippen LogP contribution in [0, 0.1) is 17.2 Å². The molecule has 0 amide bonds. The van der Waals surface area contributed by atoms with E-state index >= 15 is 0 Å². The van der Waals surface area contributed by atoms with Crippen LogP contribution in [0.5, 0.6) is 0 Å². The van der Waals surface area contributed by atoms with Crippen LogP contribution in [0.1, 0.15) is 40.5 Å². The predicted octanol–water partition coefficient (Wildman–Crippen LogP) is 1.64. The van der Waals surface area contributed by atoms with Crippen LogP contribution in [0.4, 0.5) is 0 Å². The molecule has 88 valence electrons. The third kappa shape index (κ3) is 4.18. The van der Waals surface area contributed by atoms with Gasteiger partial charge in [-0.25, -0.2) is 13.1 Å². The number of nitriles is 1. The van der Waals surface area contributed by atoms with E-state index in [0.717, 1.165) is 6.42 Å². The van der Waals surface area contributed by atoms with Crippen LogP contribution in [-0.2, 0) is 10.0 Å². The van der Waals surface area contributed by atoms with Gasteiger partial charge in [0.1, 0.15) is 0 Å². The summed E-state index contributed by atoms with van der Waals surface area (Å²) in [5.74, 6) is 0.237. The van der Waals surface area contributed by atoms with Gasteiger partial charge in [0.05, 0.1) is 6.07 Å². The fourth-order valence-electron chi connectivity index (χ4n) is 1.36. The number of nitrogens with zero attached hydrogens (tertiary/aromatic N) is 1. The molecule has 0 aromatic heterocycles. The molecule has 5 heteroatoms. The molecule has 1 N–H and O–H groups in total. The van der Waals surface area contributed by atoms with E-state index in [1.807, 2.05) is 26.8 Å². The lowest BCUT2D eigenvalue weighted by Crippen LogP contribution is -2.42. The van der Waals surface area contributed by atoms with E-state index in [4.69, 9.17) is 5.26 Å². The zero-order valence-electron chi connectivity index (χ0n) is 9.82. The minimum Gasteiger partial charge on any atom is -0.211 e. The summed E-state index contributed by atoms with van der Waals surface area (Å²) in [6.07, 6.45) is 1.05. The average Bonchev–Trinajstić information content (AvgIpc) is 2.15. The van der Waals surface area contributed by atoms with Gasteiger partial charge in [0.15, 0.2) is 5.25 Å². The van der Waals surface area contributed by atoms with Crippen molar-refractivity contribution in [1.29, 1.82) is 5.26 Å². The summed E-state index contributed by atoms with van der Waals surface area (Å²) in [5.41, 5.74) is 0. The molecular weight excluding hydrogens is 212 g/mol. The van der Waals surface area contributed by atoms with Crippen molar-refractivity contribution >= 4 is 10.0 Å². The highest BCUT2D eigenvalue weighted by atomic mass is 32.2. The molecular formula is C10H20N2O2S. The first kappa shape index (κ1) is 14.4. The minimum absolute atomic E-state index is 0.0857. The number of nitrogens with one attached hydrogen (secondary N) is 1. The van der Waals surface area contributed by atoms with Crippen molar-refractivity contribution in [2.24, 2.45) is 5.92 Å². The SMILES string of the molecule is CCC(NS(=O)(=O)C(C#N)CC)C(C)C. The highest BCUT2D eigenvalue weighted by Crippen LogP contribution is 2.10. The Kier molecular flexibility index (Phi) is 5.84. The lowest BCUT2D eigenvalue weighted by Gasteiger charge is -2.21. The molecule has 0 saturated heterocycles. The zero-order chi connectivity index (χ0) is 12.1. The Labute approximate surface area is 92.7 Å². The lowest BCUT2D eigenvalue weighted by molar-refractivity contribution is 0.435. The number of hydrogen-bond donors (Lipinski definition) is 1. The molecule has 2 unspecified atom stereocenters. The van der Waals surface area contributed by atoms with Crippen LogP contribution >= 0.6 is 0 Å². The quantitative estimate of drug-likeness (QED) is 0.757. The Balaban J connectivity index is 4.70. The maximum atomic E-state index is 11.7. The second-order valence-electron chi connectivity index (χ2n) is 3.95. The first-order valence-corrected chi connectivity index (χ1v) is 6.84. The molecule has 15 heavy (non-hydrogen) atoms. The number of sulfonamides is 1. The Morgan fingerprint density at radius 3 is 2.07 bits per heavy atom. The van der Waals surface area contributed by atoms with Crippen molar-refractivity contribution in [3.8, 4) is 6.07 Å². The maximum Gasteiger partial charge on any atom is 0.228 e. The summed E-state index contributed by atoms with van der Waals surface area (Å²) >= 11 is 0. The molecule has 0 spiro atoms. The third-order valence-corrected chi connectivity index (χ3v) is 4.27. The molecule has 0 aromatic carbocycles. The van der Waals surface area contributed by atoms with E-state index in [1.54, 1.807) is 6.92 Å². The van der Waals surface area contributed by atoms with Gasteiger partial charge in [0.25, 0.3) is 0 Å². The molecule has 4 nitrogen and oxygen atoms in total. The fourth-order valence-corrected chi connectivity index (χ4v) is 2.97. The highest BCUT2D eigenvalue weighted by Gasteiger charge is 2.26. The highest BCUT2D eigenvalue weighted by molar-refractivity contribution is 7.90.